The highest BCUT2D eigenvalue weighted by molar-refractivity contribution is 6.01. The van der Waals surface area contributed by atoms with Gasteiger partial charge in [0.15, 0.2) is 5.78 Å². The molecule has 2 heterocycles. The number of ketones is 1. The second-order valence-corrected chi connectivity index (χ2v) is 7.34. The van der Waals surface area contributed by atoms with E-state index in [1.807, 2.05) is 0 Å². The van der Waals surface area contributed by atoms with E-state index in [2.05, 4.69) is 0 Å². The number of methoxy groups -OCH3 is 1. The maximum Gasteiger partial charge on any atom is 0.308 e. The fourth-order valence-electron chi connectivity index (χ4n) is 3.86. The van der Waals surface area contributed by atoms with Crippen LogP contribution in [0.3, 0.4) is 0 Å². The molecule has 29 heavy (non-hydrogen) atoms. The minimum absolute atomic E-state index is 0.00909. The Hall–Kier alpha value is -3.35. The lowest BCUT2D eigenvalue weighted by atomic mass is 9.89. The molecule has 2 aromatic carbocycles. The van der Waals surface area contributed by atoms with E-state index >= 15 is 0 Å². The van der Waals surface area contributed by atoms with Crippen molar-refractivity contribution in [1.82, 2.24) is 4.90 Å². The van der Waals surface area contributed by atoms with E-state index in [-0.39, 0.29) is 18.1 Å². The summed E-state index contributed by atoms with van der Waals surface area (Å²) in [5.74, 6) is 0.958. The fraction of sp³-hybridized carbons (Fsp3) is 0.318. The summed E-state index contributed by atoms with van der Waals surface area (Å²) < 4.78 is 16.4. The second-order valence-electron chi connectivity index (χ2n) is 7.34. The lowest BCUT2D eigenvalue weighted by Crippen LogP contribution is -2.45. The van der Waals surface area contributed by atoms with Crippen molar-refractivity contribution in [2.75, 3.05) is 20.2 Å². The van der Waals surface area contributed by atoms with Crippen LogP contribution in [0.5, 0.6) is 17.2 Å². The zero-order valence-corrected chi connectivity index (χ0v) is 16.3. The van der Waals surface area contributed by atoms with Crippen LogP contribution in [0, 0.1) is 0 Å². The maximum absolute atomic E-state index is 12.9. The Bertz CT molecular complexity index is 983. The molecule has 1 amide bonds. The molecule has 2 aromatic rings. The van der Waals surface area contributed by atoms with Crippen molar-refractivity contribution in [1.29, 1.82) is 0 Å². The van der Waals surface area contributed by atoms with Gasteiger partial charge in [-0.05, 0) is 42.5 Å². The molecule has 0 saturated carbocycles. The molecule has 0 radical (unpaired) electrons. The zero-order chi connectivity index (χ0) is 20.6. The summed E-state index contributed by atoms with van der Waals surface area (Å²) in [5, 5.41) is 0. The first-order valence-electron chi connectivity index (χ1n) is 9.37. The largest absolute Gasteiger partial charge is 0.497 e. The molecule has 7 nitrogen and oxygen atoms in total. The predicted molar refractivity (Wildman–Crippen MR) is 104 cm³/mol. The van der Waals surface area contributed by atoms with Crippen LogP contribution in [0.4, 0.5) is 0 Å². The number of benzene rings is 2. The lowest BCUT2D eigenvalue weighted by molar-refractivity contribution is -0.131. The number of Topliss-reactive ketones (excluding diaryl/α,β-unsaturated/α-hetero) is 1. The summed E-state index contributed by atoms with van der Waals surface area (Å²) in [6.07, 6.45) is 0.809. The third kappa shape index (κ3) is 3.68. The molecular formula is C22H21NO6. The Morgan fingerprint density at radius 1 is 1.10 bits per heavy atom. The Balaban J connectivity index is 1.49. The Kier molecular flexibility index (Phi) is 4.74. The lowest BCUT2D eigenvalue weighted by Gasteiger charge is -2.34. The highest BCUT2D eigenvalue weighted by atomic mass is 16.5. The number of rotatable bonds is 3. The molecule has 1 spiro atoms. The van der Waals surface area contributed by atoms with E-state index in [1.54, 1.807) is 54.5 Å². The van der Waals surface area contributed by atoms with Gasteiger partial charge in [-0.25, -0.2) is 0 Å². The highest BCUT2D eigenvalue weighted by Crippen LogP contribution is 2.40. The zero-order valence-electron chi connectivity index (χ0n) is 16.3. The molecule has 150 valence electrons. The van der Waals surface area contributed by atoms with E-state index in [0.29, 0.717) is 47.9 Å². The van der Waals surface area contributed by atoms with Crippen LogP contribution in [0.2, 0.25) is 0 Å². The summed E-state index contributed by atoms with van der Waals surface area (Å²) in [5.41, 5.74) is 0.303. The molecule has 0 aliphatic carbocycles. The van der Waals surface area contributed by atoms with Gasteiger partial charge in [-0.15, -0.1) is 0 Å². The second kappa shape index (κ2) is 7.24. The van der Waals surface area contributed by atoms with Crippen molar-refractivity contribution in [3.63, 3.8) is 0 Å². The van der Waals surface area contributed by atoms with Gasteiger partial charge in [0.2, 0.25) is 0 Å². The first kappa shape index (κ1) is 19.0. The Morgan fingerprint density at radius 3 is 2.52 bits per heavy atom. The quantitative estimate of drug-likeness (QED) is 0.587. The number of carbonyl (C=O) groups is 3. The first-order chi connectivity index (χ1) is 13.9. The number of nitrogens with zero attached hydrogens (tertiary/aromatic N) is 1. The number of fused-ring (bicyclic) bond motifs is 1. The monoisotopic (exact) mass is 395 g/mol. The third-order valence-corrected chi connectivity index (χ3v) is 5.26. The van der Waals surface area contributed by atoms with Gasteiger partial charge in [0.25, 0.3) is 5.91 Å². The molecule has 4 rings (SSSR count). The van der Waals surface area contributed by atoms with Gasteiger partial charge in [0.1, 0.15) is 22.8 Å². The summed E-state index contributed by atoms with van der Waals surface area (Å²) in [6, 6.07) is 11.6. The van der Waals surface area contributed by atoms with Gasteiger partial charge in [-0.2, -0.15) is 0 Å². The molecule has 7 heteroatoms. The minimum atomic E-state index is -0.702. The number of hydrogen-bond donors (Lipinski definition) is 0. The average molecular weight is 395 g/mol. The Morgan fingerprint density at radius 2 is 1.83 bits per heavy atom. The molecule has 2 aliphatic heterocycles. The van der Waals surface area contributed by atoms with E-state index in [0.717, 1.165) is 0 Å². The van der Waals surface area contributed by atoms with Gasteiger partial charge >= 0.3 is 5.97 Å². The van der Waals surface area contributed by atoms with Crippen LogP contribution in [0.15, 0.2) is 42.5 Å². The van der Waals surface area contributed by atoms with Crippen molar-refractivity contribution in [2.24, 2.45) is 0 Å². The number of amides is 1. The fourth-order valence-corrected chi connectivity index (χ4v) is 3.86. The number of likely N-dealkylation sites (tertiary alicyclic amines) is 1. The van der Waals surface area contributed by atoms with Gasteiger partial charge in [-0.1, -0.05) is 0 Å². The maximum atomic E-state index is 12.9. The van der Waals surface area contributed by atoms with Crippen LogP contribution in [0.1, 0.15) is 40.5 Å². The molecule has 1 saturated heterocycles. The highest BCUT2D eigenvalue weighted by Gasteiger charge is 2.47. The number of esters is 1. The van der Waals surface area contributed by atoms with E-state index in [9.17, 15) is 14.4 Å². The van der Waals surface area contributed by atoms with Gasteiger partial charge < -0.3 is 19.1 Å². The SMILES string of the molecule is COc1ccc2c(c1)C(=O)CC1(CCN(C(=O)c3ccc(OC(C)=O)cc3)C1)O2. The average Bonchev–Trinajstić information content (AvgIpc) is 3.10. The molecule has 2 aliphatic rings. The number of carbonyl (C=O) groups excluding carboxylic acids is 3. The molecule has 0 bridgehead atoms. The predicted octanol–water partition coefficient (Wildman–Crippen LogP) is 2.87. The van der Waals surface area contributed by atoms with E-state index in [4.69, 9.17) is 14.2 Å². The summed E-state index contributed by atoms with van der Waals surface area (Å²) in [4.78, 5) is 38.3. The minimum Gasteiger partial charge on any atom is -0.497 e. The standard InChI is InChI=1S/C22H21NO6/c1-14(24)28-16-5-3-15(4-6-16)21(26)23-10-9-22(13-23)12-19(25)18-11-17(27-2)7-8-20(18)29-22/h3-8,11H,9-10,12-13H2,1-2H3. The van der Waals surface area contributed by atoms with Gasteiger partial charge in [0.05, 0.1) is 25.6 Å². The van der Waals surface area contributed by atoms with Crippen molar-refractivity contribution >= 4 is 17.7 Å². The molecule has 0 N–H and O–H groups in total. The first-order valence-corrected chi connectivity index (χ1v) is 9.37. The molecular weight excluding hydrogens is 374 g/mol. The van der Waals surface area contributed by atoms with Crippen LogP contribution in [-0.4, -0.2) is 48.4 Å². The van der Waals surface area contributed by atoms with Gasteiger partial charge in [-0.3, -0.25) is 14.4 Å². The topological polar surface area (TPSA) is 82.1 Å². The van der Waals surface area contributed by atoms with Crippen LogP contribution < -0.4 is 14.2 Å². The number of ether oxygens (including phenoxy) is 3. The number of hydrogen-bond acceptors (Lipinski definition) is 6. The summed E-state index contributed by atoms with van der Waals surface area (Å²) in [7, 11) is 1.55. The summed E-state index contributed by atoms with van der Waals surface area (Å²) >= 11 is 0. The van der Waals surface area contributed by atoms with Crippen molar-refractivity contribution < 1.29 is 28.6 Å². The molecule has 1 unspecified atom stereocenters. The van der Waals surface area contributed by atoms with Crippen LogP contribution in [0.25, 0.3) is 0 Å². The molecule has 0 aromatic heterocycles. The van der Waals surface area contributed by atoms with Crippen molar-refractivity contribution in [3.8, 4) is 17.2 Å². The van der Waals surface area contributed by atoms with Crippen molar-refractivity contribution in [3.05, 3.63) is 53.6 Å². The smallest absolute Gasteiger partial charge is 0.308 e. The van der Waals surface area contributed by atoms with E-state index in [1.165, 1.54) is 6.92 Å². The van der Waals surface area contributed by atoms with Gasteiger partial charge in [0, 0.05) is 25.5 Å². The third-order valence-electron chi connectivity index (χ3n) is 5.26. The molecule has 1 fully saturated rings. The summed E-state index contributed by atoms with van der Waals surface area (Å²) in [6.45, 7) is 2.17. The Labute approximate surface area is 168 Å². The normalized spacial score (nSPS) is 20.2. The van der Waals surface area contributed by atoms with E-state index < -0.39 is 11.6 Å². The van der Waals surface area contributed by atoms with Crippen LogP contribution >= 0.6 is 0 Å². The van der Waals surface area contributed by atoms with Crippen molar-refractivity contribution in [2.45, 2.75) is 25.4 Å². The van der Waals surface area contributed by atoms with Crippen LogP contribution in [-0.2, 0) is 4.79 Å². The molecule has 1 atom stereocenters.